The van der Waals surface area contributed by atoms with E-state index in [-0.39, 0.29) is 24.0 Å². The van der Waals surface area contributed by atoms with Crippen LogP contribution in [0.15, 0.2) is 33.8 Å². The normalized spacial score (nSPS) is 16.0. The van der Waals surface area contributed by atoms with Crippen molar-refractivity contribution in [1.29, 1.82) is 0 Å². The molecule has 0 aliphatic carbocycles. The molecule has 2 aromatic rings. The molecule has 3 rings (SSSR count). The number of aryl methyl sites for hydroxylation is 1. The number of rotatable bonds is 9. The summed E-state index contributed by atoms with van der Waals surface area (Å²) in [6.45, 7) is 11.9. The molecule has 1 aliphatic heterocycles. The Morgan fingerprint density at radius 2 is 1.88 bits per heavy atom. The quantitative estimate of drug-likeness (QED) is 0.279. The monoisotopic (exact) mass is 556 g/mol. The zero-order valence-corrected chi connectivity index (χ0v) is 22.0. The molecule has 2 N–H and O–H groups in total. The molecule has 9 heteroatoms. The molecule has 1 unspecified atom stereocenters. The second kappa shape index (κ2) is 13.7. The highest BCUT2D eigenvalue weighted by atomic mass is 127. The van der Waals surface area contributed by atoms with Gasteiger partial charge in [-0.05, 0) is 30.0 Å². The predicted molar refractivity (Wildman–Crippen MR) is 139 cm³/mol. The van der Waals surface area contributed by atoms with E-state index in [2.05, 4.69) is 56.6 Å². The lowest BCUT2D eigenvalue weighted by Crippen LogP contribution is -2.52. The van der Waals surface area contributed by atoms with Crippen LogP contribution in [-0.2, 0) is 17.6 Å². The van der Waals surface area contributed by atoms with Crippen LogP contribution in [0.4, 0.5) is 0 Å². The third kappa shape index (κ3) is 7.70. The van der Waals surface area contributed by atoms with Crippen molar-refractivity contribution < 1.29 is 9.26 Å². The number of hydrogen-bond acceptors (Lipinski definition) is 6. The largest absolute Gasteiger partial charge is 0.379 e. The molecule has 2 heterocycles. The molecule has 32 heavy (non-hydrogen) atoms. The fraction of sp³-hybridized carbons (Fsp3) is 0.609. The second-order valence-electron chi connectivity index (χ2n) is 8.16. The number of ether oxygens (including phenoxy) is 1. The van der Waals surface area contributed by atoms with E-state index in [1.807, 2.05) is 26.1 Å². The van der Waals surface area contributed by atoms with Crippen molar-refractivity contribution in [2.75, 3.05) is 46.4 Å². The Kier molecular flexibility index (Phi) is 11.4. The number of nitrogens with zero attached hydrogens (tertiary/aromatic N) is 4. The maximum absolute atomic E-state index is 5.50. The predicted octanol–water partition coefficient (Wildman–Crippen LogP) is 2.98. The molecule has 178 valence electrons. The van der Waals surface area contributed by atoms with Crippen molar-refractivity contribution in [2.24, 2.45) is 10.9 Å². The van der Waals surface area contributed by atoms with Gasteiger partial charge in [0.15, 0.2) is 11.8 Å². The third-order valence-electron chi connectivity index (χ3n) is 5.68. The first-order valence-corrected chi connectivity index (χ1v) is 11.3. The van der Waals surface area contributed by atoms with Gasteiger partial charge in [-0.1, -0.05) is 38.1 Å². The highest BCUT2D eigenvalue weighted by molar-refractivity contribution is 14.0. The fourth-order valence-electron chi connectivity index (χ4n) is 3.77. The number of guanidine groups is 1. The van der Waals surface area contributed by atoms with E-state index in [9.17, 15) is 0 Å². The van der Waals surface area contributed by atoms with Gasteiger partial charge in [-0.2, -0.15) is 4.98 Å². The summed E-state index contributed by atoms with van der Waals surface area (Å²) in [5.41, 5.74) is 2.19. The van der Waals surface area contributed by atoms with Gasteiger partial charge < -0.3 is 19.9 Å². The maximum Gasteiger partial charge on any atom is 0.257 e. The molecule has 1 aromatic heterocycles. The molecule has 0 spiro atoms. The summed E-state index contributed by atoms with van der Waals surface area (Å²) >= 11 is 0. The van der Waals surface area contributed by atoms with Crippen LogP contribution in [0.1, 0.15) is 32.2 Å². The van der Waals surface area contributed by atoms with Crippen LogP contribution in [0, 0.1) is 5.92 Å². The lowest BCUT2D eigenvalue weighted by atomic mass is 10.0. The Balaban J connectivity index is 0.00000363. The van der Waals surface area contributed by atoms with Gasteiger partial charge in [0.05, 0.1) is 13.2 Å². The molecular formula is C23H37IN6O2. The standard InChI is InChI=1S/C23H36N6O2.HI/c1-5-21-27-22(31-28-21)19-8-6-18(7-9-19)10-11-25-23(24-4)26-16-20(17(2)3)29-12-14-30-15-13-29;/h6-9,17,20H,5,10-16H2,1-4H3,(H2,24,25,26);1H. The third-order valence-corrected chi connectivity index (χ3v) is 5.68. The van der Waals surface area contributed by atoms with E-state index in [1.54, 1.807) is 0 Å². The number of morpholine rings is 1. The Labute approximate surface area is 208 Å². The van der Waals surface area contributed by atoms with Crippen molar-refractivity contribution in [2.45, 2.75) is 39.7 Å². The van der Waals surface area contributed by atoms with Gasteiger partial charge in [0, 0.05) is 51.3 Å². The summed E-state index contributed by atoms with van der Waals surface area (Å²) in [7, 11) is 1.82. The van der Waals surface area contributed by atoms with E-state index in [0.717, 1.165) is 69.6 Å². The molecule has 1 fully saturated rings. The molecule has 1 aromatic carbocycles. The molecule has 0 saturated carbocycles. The van der Waals surface area contributed by atoms with Crippen molar-refractivity contribution in [3.05, 3.63) is 35.7 Å². The lowest BCUT2D eigenvalue weighted by molar-refractivity contribution is 0.00752. The van der Waals surface area contributed by atoms with E-state index < -0.39 is 0 Å². The molecule has 1 aliphatic rings. The van der Waals surface area contributed by atoms with Crippen LogP contribution in [-0.4, -0.2) is 73.5 Å². The van der Waals surface area contributed by atoms with Crippen molar-refractivity contribution in [1.82, 2.24) is 25.7 Å². The van der Waals surface area contributed by atoms with E-state index in [1.165, 1.54) is 5.56 Å². The van der Waals surface area contributed by atoms with Crippen LogP contribution in [0.3, 0.4) is 0 Å². The molecule has 0 radical (unpaired) electrons. The summed E-state index contributed by atoms with van der Waals surface area (Å²) in [6, 6.07) is 8.75. The number of nitrogens with one attached hydrogen (secondary N) is 2. The molecule has 0 bridgehead atoms. The number of halogens is 1. The number of aromatic nitrogens is 2. The van der Waals surface area contributed by atoms with E-state index >= 15 is 0 Å². The van der Waals surface area contributed by atoms with Gasteiger partial charge in [-0.15, -0.1) is 24.0 Å². The van der Waals surface area contributed by atoms with Gasteiger partial charge in [0.2, 0.25) is 0 Å². The second-order valence-corrected chi connectivity index (χ2v) is 8.16. The number of hydrogen-bond donors (Lipinski definition) is 2. The first-order valence-electron chi connectivity index (χ1n) is 11.3. The first kappa shape index (κ1) is 26.5. The van der Waals surface area contributed by atoms with Gasteiger partial charge in [-0.25, -0.2) is 0 Å². The zero-order valence-electron chi connectivity index (χ0n) is 19.6. The highest BCUT2D eigenvalue weighted by Crippen LogP contribution is 2.18. The van der Waals surface area contributed by atoms with Crippen LogP contribution in [0.2, 0.25) is 0 Å². The summed E-state index contributed by atoms with van der Waals surface area (Å²) in [6.07, 6.45) is 1.68. The topological polar surface area (TPSA) is 87.8 Å². The summed E-state index contributed by atoms with van der Waals surface area (Å²) in [5, 5.41) is 10.9. The number of benzene rings is 1. The SMILES string of the molecule is CCc1noc(-c2ccc(CCNC(=NC)NCC(C(C)C)N3CCOCC3)cc2)n1.I. The first-order chi connectivity index (χ1) is 15.1. The Morgan fingerprint density at radius 1 is 1.16 bits per heavy atom. The highest BCUT2D eigenvalue weighted by Gasteiger charge is 2.23. The average Bonchev–Trinajstić information content (AvgIpc) is 3.28. The minimum Gasteiger partial charge on any atom is -0.379 e. The Hall–Kier alpha value is -1.72. The van der Waals surface area contributed by atoms with Gasteiger partial charge in [0.25, 0.3) is 5.89 Å². The van der Waals surface area contributed by atoms with Crippen LogP contribution in [0.5, 0.6) is 0 Å². The molecule has 1 saturated heterocycles. The van der Waals surface area contributed by atoms with E-state index in [0.29, 0.717) is 17.9 Å². The molecule has 0 amide bonds. The molecule has 1 atom stereocenters. The maximum atomic E-state index is 5.50. The zero-order chi connectivity index (χ0) is 22.1. The molecular weight excluding hydrogens is 519 g/mol. The smallest absolute Gasteiger partial charge is 0.257 e. The van der Waals surface area contributed by atoms with Gasteiger partial charge in [0.1, 0.15) is 0 Å². The Bertz CT molecular complexity index is 818. The van der Waals surface area contributed by atoms with Crippen LogP contribution < -0.4 is 10.6 Å². The minimum absolute atomic E-state index is 0. The van der Waals surface area contributed by atoms with Crippen LogP contribution >= 0.6 is 24.0 Å². The lowest BCUT2D eigenvalue weighted by Gasteiger charge is -2.37. The fourth-order valence-corrected chi connectivity index (χ4v) is 3.77. The summed E-state index contributed by atoms with van der Waals surface area (Å²) in [5.74, 6) is 2.71. The molecule has 8 nitrogen and oxygen atoms in total. The summed E-state index contributed by atoms with van der Waals surface area (Å²) in [4.78, 5) is 11.3. The number of aliphatic imine (C=N–C) groups is 1. The van der Waals surface area contributed by atoms with Crippen molar-refractivity contribution in [3.63, 3.8) is 0 Å². The summed E-state index contributed by atoms with van der Waals surface area (Å²) < 4.78 is 10.8. The van der Waals surface area contributed by atoms with Crippen molar-refractivity contribution in [3.8, 4) is 11.5 Å². The van der Waals surface area contributed by atoms with Gasteiger partial charge >= 0.3 is 0 Å². The Morgan fingerprint density at radius 3 is 2.47 bits per heavy atom. The van der Waals surface area contributed by atoms with Crippen molar-refractivity contribution >= 4 is 29.9 Å². The average molecular weight is 556 g/mol. The minimum atomic E-state index is 0. The van der Waals surface area contributed by atoms with E-state index in [4.69, 9.17) is 9.26 Å². The van der Waals surface area contributed by atoms with Gasteiger partial charge in [-0.3, -0.25) is 9.89 Å². The van der Waals surface area contributed by atoms with Crippen LogP contribution in [0.25, 0.3) is 11.5 Å².